The van der Waals surface area contributed by atoms with E-state index in [2.05, 4.69) is 5.32 Å². The quantitative estimate of drug-likeness (QED) is 0.781. The van der Waals surface area contributed by atoms with E-state index in [1.165, 1.54) is 0 Å². The van der Waals surface area contributed by atoms with Crippen LogP contribution in [0.3, 0.4) is 0 Å². The van der Waals surface area contributed by atoms with E-state index in [9.17, 15) is 4.79 Å². The molecule has 0 aliphatic carbocycles. The molecule has 128 valence electrons. The number of ether oxygens (including phenoxy) is 2. The second-order valence-electron chi connectivity index (χ2n) is 5.77. The summed E-state index contributed by atoms with van der Waals surface area (Å²) in [7, 11) is 0. The number of benzene rings is 2. The van der Waals surface area contributed by atoms with E-state index in [0.717, 1.165) is 17.0 Å². The first-order valence-electron chi connectivity index (χ1n) is 8.29. The number of carbonyl (C=O) groups is 1. The zero-order chi connectivity index (χ0) is 17.4. The van der Waals surface area contributed by atoms with E-state index in [0.29, 0.717) is 19.6 Å². The molecule has 0 aromatic heterocycles. The second kappa shape index (κ2) is 8.50. The Kier molecular flexibility index (Phi) is 6.38. The van der Waals surface area contributed by atoms with E-state index in [1.54, 1.807) is 0 Å². The van der Waals surface area contributed by atoms with Crippen molar-refractivity contribution in [3.63, 3.8) is 0 Å². The number of carbonyl (C=O) groups excluding carboxylic acids is 1. The minimum Gasteiger partial charge on any atom is -0.489 e. The Balaban J connectivity index is 1.93. The lowest BCUT2D eigenvalue weighted by molar-refractivity contribution is -0.139. The van der Waals surface area contributed by atoms with Crippen LogP contribution in [0.25, 0.3) is 0 Å². The van der Waals surface area contributed by atoms with Gasteiger partial charge in [0.2, 0.25) is 0 Å². The van der Waals surface area contributed by atoms with Crippen molar-refractivity contribution in [2.45, 2.75) is 39.4 Å². The Morgan fingerprint density at radius 2 is 1.71 bits per heavy atom. The Bertz CT molecular complexity index is 640. The lowest BCUT2D eigenvalue weighted by Crippen LogP contribution is -2.42. The Morgan fingerprint density at radius 1 is 1.04 bits per heavy atom. The normalized spacial score (nSPS) is 13.1. The highest BCUT2D eigenvalue weighted by Gasteiger charge is 2.31. The molecule has 1 N–H and O–H groups in total. The molecule has 2 aromatic carbocycles. The number of hydrogen-bond donors (Lipinski definition) is 1. The average molecular weight is 327 g/mol. The number of hydrogen-bond acceptors (Lipinski definition) is 3. The van der Waals surface area contributed by atoms with Crippen LogP contribution in [0.5, 0.6) is 5.75 Å². The zero-order valence-corrected chi connectivity index (χ0v) is 14.5. The smallest absolute Gasteiger partial charge is 0.256 e. The number of anilines is 1. The van der Waals surface area contributed by atoms with Gasteiger partial charge in [-0.25, -0.2) is 0 Å². The minimum atomic E-state index is -0.808. The molecule has 0 aliphatic heterocycles. The third-order valence-electron chi connectivity index (χ3n) is 3.98. The molecular weight excluding hydrogens is 302 g/mol. The van der Waals surface area contributed by atoms with E-state index < -0.39 is 5.60 Å². The number of amides is 1. The van der Waals surface area contributed by atoms with Crippen molar-refractivity contribution in [3.05, 3.63) is 60.2 Å². The van der Waals surface area contributed by atoms with Crippen molar-refractivity contribution in [1.29, 1.82) is 0 Å². The highest BCUT2D eigenvalue weighted by Crippen LogP contribution is 2.21. The molecule has 4 heteroatoms. The van der Waals surface area contributed by atoms with Crippen LogP contribution in [0, 0.1) is 0 Å². The largest absolute Gasteiger partial charge is 0.489 e. The molecular formula is C20H25NO3. The third kappa shape index (κ3) is 4.83. The van der Waals surface area contributed by atoms with Crippen LogP contribution in [0.4, 0.5) is 5.69 Å². The Morgan fingerprint density at radius 3 is 2.29 bits per heavy atom. The molecule has 4 nitrogen and oxygen atoms in total. The monoisotopic (exact) mass is 327 g/mol. The molecule has 2 rings (SSSR count). The van der Waals surface area contributed by atoms with E-state index in [-0.39, 0.29) is 5.91 Å². The molecule has 1 atom stereocenters. The van der Waals surface area contributed by atoms with Crippen molar-refractivity contribution < 1.29 is 14.3 Å². The van der Waals surface area contributed by atoms with Gasteiger partial charge in [-0.1, -0.05) is 37.3 Å². The van der Waals surface area contributed by atoms with Gasteiger partial charge in [0.25, 0.3) is 5.91 Å². The van der Waals surface area contributed by atoms with Gasteiger partial charge < -0.3 is 14.8 Å². The van der Waals surface area contributed by atoms with Gasteiger partial charge in [-0.3, -0.25) is 4.79 Å². The van der Waals surface area contributed by atoms with Gasteiger partial charge in [-0.05, 0) is 50.1 Å². The minimum absolute atomic E-state index is 0.134. The maximum Gasteiger partial charge on any atom is 0.256 e. The fourth-order valence-corrected chi connectivity index (χ4v) is 2.29. The van der Waals surface area contributed by atoms with Crippen molar-refractivity contribution in [3.8, 4) is 5.75 Å². The Hall–Kier alpha value is -2.33. The molecule has 2 aromatic rings. The fourth-order valence-electron chi connectivity index (χ4n) is 2.29. The first kappa shape index (κ1) is 18.0. The summed E-state index contributed by atoms with van der Waals surface area (Å²) in [6.45, 7) is 6.66. The SMILES string of the molecule is CCO[C@](C)(CC)C(=O)Nc1ccc(OCc2ccccc2)cc1. The topological polar surface area (TPSA) is 47.6 Å². The predicted molar refractivity (Wildman–Crippen MR) is 96.2 cm³/mol. The highest BCUT2D eigenvalue weighted by molar-refractivity contribution is 5.97. The summed E-state index contributed by atoms with van der Waals surface area (Å²) in [5.74, 6) is 0.629. The molecule has 0 saturated carbocycles. The van der Waals surface area contributed by atoms with Gasteiger partial charge in [0.1, 0.15) is 18.0 Å². The lowest BCUT2D eigenvalue weighted by Gasteiger charge is -2.26. The number of nitrogens with one attached hydrogen (secondary N) is 1. The van der Waals surface area contributed by atoms with Gasteiger partial charge in [-0.15, -0.1) is 0 Å². The molecule has 0 radical (unpaired) electrons. The van der Waals surface area contributed by atoms with Crippen LogP contribution in [0.15, 0.2) is 54.6 Å². The van der Waals surface area contributed by atoms with Gasteiger partial charge in [-0.2, -0.15) is 0 Å². The Labute approximate surface area is 143 Å². The fraction of sp³-hybridized carbons (Fsp3) is 0.350. The maximum absolute atomic E-state index is 12.4. The van der Waals surface area contributed by atoms with E-state index in [4.69, 9.17) is 9.47 Å². The first-order chi connectivity index (χ1) is 11.6. The summed E-state index contributed by atoms with van der Waals surface area (Å²) in [4.78, 5) is 12.4. The molecule has 0 saturated heterocycles. The van der Waals surface area contributed by atoms with E-state index >= 15 is 0 Å². The van der Waals surface area contributed by atoms with Crippen LogP contribution in [-0.2, 0) is 16.1 Å². The predicted octanol–water partition coefficient (Wildman–Crippen LogP) is 4.41. The molecule has 0 fully saturated rings. The van der Waals surface area contributed by atoms with Crippen LogP contribution >= 0.6 is 0 Å². The summed E-state index contributed by atoms with van der Waals surface area (Å²) < 4.78 is 11.3. The van der Waals surface area contributed by atoms with Gasteiger partial charge >= 0.3 is 0 Å². The van der Waals surface area contributed by atoms with Gasteiger partial charge in [0, 0.05) is 12.3 Å². The standard InChI is InChI=1S/C20H25NO3/c1-4-20(3,24-5-2)19(22)21-17-11-13-18(14-12-17)23-15-16-9-7-6-8-10-16/h6-14H,4-5,15H2,1-3H3,(H,21,22)/t20-/m1/s1. The summed E-state index contributed by atoms with van der Waals surface area (Å²) >= 11 is 0. The van der Waals surface area contributed by atoms with Gasteiger partial charge in [0.15, 0.2) is 0 Å². The van der Waals surface area contributed by atoms with Crippen LogP contribution < -0.4 is 10.1 Å². The summed E-state index contributed by atoms with van der Waals surface area (Å²) in [6.07, 6.45) is 0.616. The average Bonchev–Trinajstić information content (AvgIpc) is 2.62. The summed E-state index contributed by atoms with van der Waals surface area (Å²) in [5.41, 5.74) is 1.04. The van der Waals surface area contributed by atoms with Crippen molar-refractivity contribution in [1.82, 2.24) is 0 Å². The second-order valence-corrected chi connectivity index (χ2v) is 5.77. The first-order valence-corrected chi connectivity index (χ1v) is 8.29. The van der Waals surface area contributed by atoms with Crippen LogP contribution in [0.2, 0.25) is 0 Å². The van der Waals surface area contributed by atoms with Crippen molar-refractivity contribution >= 4 is 11.6 Å². The third-order valence-corrected chi connectivity index (χ3v) is 3.98. The molecule has 0 aliphatic rings. The molecule has 0 unspecified atom stereocenters. The van der Waals surface area contributed by atoms with Crippen LogP contribution in [0.1, 0.15) is 32.8 Å². The number of rotatable bonds is 8. The van der Waals surface area contributed by atoms with Crippen molar-refractivity contribution in [2.24, 2.45) is 0 Å². The lowest BCUT2D eigenvalue weighted by atomic mass is 10.0. The van der Waals surface area contributed by atoms with Crippen LogP contribution in [-0.4, -0.2) is 18.1 Å². The molecule has 1 amide bonds. The van der Waals surface area contributed by atoms with Gasteiger partial charge in [0.05, 0.1) is 0 Å². The maximum atomic E-state index is 12.4. The highest BCUT2D eigenvalue weighted by atomic mass is 16.5. The summed E-state index contributed by atoms with van der Waals surface area (Å²) in [5, 5.41) is 2.90. The summed E-state index contributed by atoms with van der Waals surface area (Å²) in [6, 6.07) is 17.4. The molecule has 24 heavy (non-hydrogen) atoms. The zero-order valence-electron chi connectivity index (χ0n) is 14.5. The van der Waals surface area contributed by atoms with Crippen molar-refractivity contribution in [2.75, 3.05) is 11.9 Å². The molecule has 0 heterocycles. The van der Waals surface area contributed by atoms with E-state index in [1.807, 2.05) is 75.4 Å². The molecule has 0 bridgehead atoms. The molecule has 0 spiro atoms.